The minimum Gasteiger partial charge on any atom is -0.494 e. The lowest BCUT2D eigenvalue weighted by Crippen LogP contribution is -2.22. The quantitative estimate of drug-likeness (QED) is 0.765. The highest BCUT2D eigenvalue weighted by atomic mass is 16.5. The summed E-state index contributed by atoms with van der Waals surface area (Å²) in [6, 6.07) is 8.39. The summed E-state index contributed by atoms with van der Waals surface area (Å²) < 4.78 is 5.47. The molecule has 0 aliphatic rings. The van der Waals surface area contributed by atoms with Crippen LogP contribution in [0.4, 0.5) is 0 Å². The van der Waals surface area contributed by atoms with Crippen molar-refractivity contribution in [1.82, 2.24) is 5.32 Å². The molecule has 0 fully saturated rings. The third kappa shape index (κ3) is 5.20. The van der Waals surface area contributed by atoms with Gasteiger partial charge in [-0.05, 0) is 51.4 Å². The van der Waals surface area contributed by atoms with Gasteiger partial charge in [-0.2, -0.15) is 0 Å². The molecular formula is C14H23NO2. The zero-order valence-electron chi connectivity index (χ0n) is 10.9. The fraction of sp³-hybridized carbons (Fsp3) is 0.571. The van der Waals surface area contributed by atoms with E-state index in [-0.39, 0.29) is 12.1 Å². The van der Waals surface area contributed by atoms with Gasteiger partial charge in [-0.25, -0.2) is 0 Å². The predicted octanol–water partition coefficient (Wildman–Crippen LogP) is 2.51. The average molecular weight is 237 g/mol. The Balaban J connectivity index is 2.50. The molecule has 0 spiro atoms. The van der Waals surface area contributed by atoms with E-state index >= 15 is 0 Å². The maximum Gasteiger partial charge on any atom is 0.119 e. The van der Waals surface area contributed by atoms with Gasteiger partial charge < -0.3 is 15.2 Å². The molecule has 0 aliphatic carbocycles. The van der Waals surface area contributed by atoms with Gasteiger partial charge in [0.05, 0.1) is 12.7 Å². The number of ether oxygens (including phenoxy) is 1. The lowest BCUT2D eigenvalue weighted by Gasteiger charge is -2.16. The molecule has 0 aromatic heterocycles. The minimum absolute atomic E-state index is 0.246. The topological polar surface area (TPSA) is 41.5 Å². The largest absolute Gasteiger partial charge is 0.494 e. The first-order valence-corrected chi connectivity index (χ1v) is 6.27. The second kappa shape index (κ2) is 7.30. The molecule has 3 nitrogen and oxygen atoms in total. The maximum absolute atomic E-state index is 9.19. The summed E-state index contributed by atoms with van der Waals surface area (Å²) in [5.41, 5.74) is 1.21. The molecule has 0 saturated heterocycles. The van der Waals surface area contributed by atoms with Crippen LogP contribution in [0, 0.1) is 0 Å². The van der Waals surface area contributed by atoms with Crippen LogP contribution in [0.15, 0.2) is 24.3 Å². The zero-order chi connectivity index (χ0) is 12.7. The van der Waals surface area contributed by atoms with E-state index in [0.717, 1.165) is 18.7 Å². The highest BCUT2D eigenvalue weighted by Crippen LogP contribution is 2.19. The molecule has 0 heterocycles. The number of hydrogen-bond donors (Lipinski definition) is 2. The first-order chi connectivity index (χ1) is 8.13. The molecule has 0 saturated carbocycles. The summed E-state index contributed by atoms with van der Waals surface area (Å²) in [5, 5.41) is 12.6. The highest BCUT2D eigenvalue weighted by molar-refractivity contribution is 5.30. The Morgan fingerprint density at radius 1 is 1.35 bits per heavy atom. The lowest BCUT2D eigenvalue weighted by atomic mass is 10.1. The Morgan fingerprint density at radius 3 is 2.76 bits per heavy atom. The van der Waals surface area contributed by atoms with Gasteiger partial charge in [0.25, 0.3) is 0 Å². The van der Waals surface area contributed by atoms with Gasteiger partial charge in [0.1, 0.15) is 5.75 Å². The Kier molecular flexibility index (Phi) is 6.01. The van der Waals surface area contributed by atoms with Gasteiger partial charge in [-0.15, -0.1) is 0 Å². The molecule has 2 atom stereocenters. The Labute approximate surface area is 104 Å². The van der Waals surface area contributed by atoms with E-state index in [2.05, 4.69) is 24.4 Å². The number of aliphatic hydroxyl groups is 1. The van der Waals surface area contributed by atoms with Gasteiger partial charge in [0.15, 0.2) is 0 Å². The molecule has 0 radical (unpaired) electrons. The van der Waals surface area contributed by atoms with Crippen molar-refractivity contribution in [3.05, 3.63) is 29.8 Å². The molecular weight excluding hydrogens is 214 g/mol. The Morgan fingerprint density at radius 2 is 2.12 bits per heavy atom. The van der Waals surface area contributed by atoms with Crippen molar-refractivity contribution < 1.29 is 9.84 Å². The molecule has 96 valence electrons. The van der Waals surface area contributed by atoms with E-state index in [4.69, 9.17) is 4.74 Å². The molecule has 3 heteroatoms. The summed E-state index contributed by atoms with van der Waals surface area (Å²) in [7, 11) is 0. The van der Waals surface area contributed by atoms with Crippen molar-refractivity contribution in [2.24, 2.45) is 0 Å². The van der Waals surface area contributed by atoms with Crippen LogP contribution in [-0.2, 0) is 0 Å². The summed E-state index contributed by atoms with van der Waals surface area (Å²) in [4.78, 5) is 0. The van der Waals surface area contributed by atoms with Gasteiger partial charge in [-0.3, -0.25) is 0 Å². The molecule has 0 amide bonds. The second-order valence-electron chi connectivity index (χ2n) is 4.32. The van der Waals surface area contributed by atoms with E-state index in [1.807, 2.05) is 26.0 Å². The summed E-state index contributed by atoms with van der Waals surface area (Å²) in [6.07, 6.45) is 0.527. The highest BCUT2D eigenvalue weighted by Gasteiger charge is 2.06. The van der Waals surface area contributed by atoms with Crippen LogP contribution in [0.25, 0.3) is 0 Å². The van der Waals surface area contributed by atoms with Crippen molar-refractivity contribution in [2.45, 2.75) is 39.3 Å². The van der Waals surface area contributed by atoms with Crippen LogP contribution in [0.3, 0.4) is 0 Å². The fourth-order valence-electron chi connectivity index (χ4n) is 1.67. The van der Waals surface area contributed by atoms with Crippen molar-refractivity contribution in [2.75, 3.05) is 13.2 Å². The first-order valence-electron chi connectivity index (χ1n) is 6.27. The summed E-state index contributed by atoms with van der Waals surface area (Å²) in [5.74, 6) is 0.911. The van der Waals surface area contributed by atoms with Crippen LogP contribution >= 0.6 is 0 Å². The second-order valence-corrected chi connectivity index (χ2v) is 4.32. The van der Waals surface area contributed by atoms with Gasteiger partial charge in [0, 0.05) is 6.04 Å². The molecule has 17 heavy (non-hydrogen) atoms. The number of rotatable bonds is 7. The molecule has 0 bridgehead atoms. The molecule has 0 aliphatic heterocycles. The standard InChI is InChI=1S/C14H23NO2/c1-4-17-14-7-5-6-13(10-14)12(3)15-9-8-11(2)16/h5-7,10-12,15-16H,4,8-9H2,1-3H3. The molecule has 1 aromatic rings. The van der Waals surface area contributed by atoms with Crippen molar-refractivity contribution in [3.8, 4) is 5.75 Å². The minimum atomic E-state index is -0.246. The monoisotopic (exact) mass is 237 g/mol. The fourth-order valence-corrected chi connectivity index (χ4v) is 1.67. The number of aliphatic hydroxyl groups excluding tert-OH is 1. The number of nitrogens with one attached hydrogen (secondary N) is 1. The number of hydrogen-bond acceptors (Lipinski definition) is 3. The first kappa shape index (κ1) is 14.0. The van der Waals surface area contributed by atoms with Gasteiger partial charge >= 0.3 is 0 Å². The van der Waals surface area contributed by atoms with E-state index in [1.54, 1.807) is 0 Å². The van der Waals surface area contributed by atoms with Crippen molar-refractivity contribution in [3.63, 3.8) is 0 Å². The summed E-state index contributed by atoms with van der Waals surface area (Å²) in [6.45, 7) is 7.41. The van der Waals surface area contributed by atoms with E-state index < -0.39 is 0 Å². The number of benzene rings is 1. The molecule has 2 unspecified atom stereocenters. The van der Waals surface area contributed by atoms with E-state index in [9.17, 15) is 5.11 Å². The van der Waals surface area contributed by atoms with E-state index in [1.165, 1.54) is 5.56 Å². The van der Waals surface area contributed by atoms with Gasteiger partial charge in [-0.1, -0.05) is 12.1 Å². The summed E-state index contributed by atoms with van der Waals surface area (Å²) >= 11 is 0. The smallest absolute Gasteiger partial charge is 0.119 e. The predicted molar refractivity (Wildman–Crippen MR) is 70.3 cm³/mol. The third-order valence-corrected chi connectivity index (χ3v) is 2.68. The van der Waals surface area contributed by atoms with Crippen LogP contribution in [-0.4, -0.2) is 24.4 Å². The normalized spacial score (nSPS) is 14.4. The Bertz CT molecular complexity index is 326. The maximum atomic E-state index is 9.19. The Hall–Kier alpha value is -1.06. The van der Waals surface area contributed by atoms with Crippen LogP contribution in [0.2, 0.25) is 0 Å². The third-order valence-electron chi connectivity index (χ3n) is 2.68. The SMILES string of the molecule is CCOc1cccc(C(C)NCCC(C)O)c1. The van der Waals surface area contributed by atoms with Crippen LogP contribution in [0.5, 0.6) is 5.75 Å². The lowest BCUT2D eigenvalue weighted by molar-refractivity contribution is 0.182. The van der Waals surface area contributed by atoms with E-state index in [0.29, 0.717) is 6.61 Å². The molecule has 2 N–H and O–H groups in total. The van der Waals surface area contributed by atoms with Crippen molar-refractivity contribution in [1.29, 1.82) is 0 Å². The molecule has 1 rings (SSSR count). The average Bonchev–Trinajstić information content (AvgIpc) is 2.29. The van der Waals surface area contributed by atoms with Crippen LogP contribution in [0.1, 0.15) is 38.8 Å². The molecule has 1 aromatic carbocycles. The van der Waals surface area contributed by atoms with Crippen LogP contribution < -0.4 is 10.1 Å². The zero-order valence-corrected chi connectivity index (χ0v) is 10.9. The van der Waals surface area contributed by atoms with Gasteiger partial charge in [0.2, 0.25) is 0 Å². The van der Waals surface area contributed by atoms with Crippen molar-refractivity contribution >= 4 is 0 Å².